The van der Waals surface area contributed by atoms with Crippen LogP contribution in [0.15, 0.2) is 58.8 Å². The minimum absolute atomic E-state index is 0.216. The number of carbonyl (C=O) groups excluding carboxylic acids is 1. The molecule has 0 aliphatic carbocycles. The van der Waals surface area contributed by atoms with E-state index in [1.165, 1.54) is 18.3 Å². The largest absolute Gasteiger partial charge is 0.347 e. The number of hydrogen-bond acceptors (Lipinski definition) is 4. The predicted molar refractivity (Wildman–Crippen MR) is 102 cm³/mol. The molecule has 0 saturated carbocycles. The van der Waals surface area contributed by atoms with Crippen LogP contribution in [-0.2, 0) is 6.54 Å². The number of amides is 1. The average molecular weight is 431 g/mol. The van der Waals surface area contributed by atoms with Gasteiger partial charge in [-0.3, -0.25) is 9.78 Å². The highest BCUT2D eigenvalue weighted by Crippen LogP contribution is 2.22. The highest BCUT2D eigenvalue weighted by molar-refractivity contribution is 9.10. The first kappa shape index (κ1) is 16.9. The number of rotatable bonds is 4. The Morgan fingerprint density at radius 3 is 2.77 bits per heavy atom. The van der Waals surface area contributed by atoms with Gasteiger partial charge in [0.25, 0.3) is 5.91 Å². The van der Waals surface area contributed by atoms with Gasteiger partial charge in [-0.15, -0.1) is 11.3 Å². The van der Waals surface area contributed by atoms with Crippen LogP contribution in [-0.4, -0.2) is 20.7 Å². The molecule has 0 bridgehead atoms. The number of carbonyl (C=O) groups is 1. The molecule has 3 aromatic heterocycles. The molecule has 1 aromatic carbocycles. The van der Waals surface area contributed by atoms with E-state index in [1.54, 1.807) is 40.5 Å². The van der Waals surface area contributed by atoms with Crippen LogP contribution >= 0.6 is 27.3 Å². The summed E-state index contributed by atoms with van der Waals surface area (Å²) in [5, 5.41) is 9.89. The van der Waals surface area contributed by atoms with E-state index in [1.807, 2.05) is 11.4 Å². The van der Waals surface area contributed by atoms with Crippen LogP contribution < -0.4 is 5.32 Å². The van der Waals surface area contributed by atoms with E-state index in [0.717, 1.165) is 9.35 Å². The van der Waals surface area contributed by atoms with Crippen LogP contribution in [0.3, 0.4) is 0 Å². The Hall–Kier alpha value is -2.58. The van der Waals surface area contributed by atoms with Crippen molar-refractivity contribution in [1.82, 2.24) is 20.1 Å². The molecule has 3 heterocycles. The number of thiophene rings is 1. The second-order valence-electron chi connectivity index (χ2n) is 5.57. The van der Waals surface area contributed by atoms with Crippen molar-refractivity contribution in [3.05, 3.63) is 75.0 Å². The molecule has 5 nitrogen and oxygen atoms in total. The molecule has 0 aliphatic heterocycles. The number of aromatic nitrogens is 3. The minimum Gasteiger partial charge on any atom is -0.347 e. The lowest BCUT2D eigenvalue weighted by atomic mass is 10.2. The molecule has 0 atom stereocenters. The first-order valence-electron chi connectivity index (χ1n) is 7.70. The fourth-order valence-electron chi connectivity index (χ4n) is 2.62. The lowest BCUT2D eigenvalue weighted by Gasteiger charge is -2.06. The van der Waals surface area contributed by atoms with Gasteiger partial charge in [-0.1, -0.05) is 0 Å². The van der Waals surface area contributed by atoms with Gasteiger partial charge in [-0.25, -0.2) is 9.07 Å². The van der Waals surface area contributed by atoms with Gasteiger partial charge in [-0.2, -0.15) is 5.10 Å². The third-order valence-electron chi connectivity index (χ3n) is 3.86. The Morgan fingerprint density at radius 1 is 1.23 bits per heavy atom. The van der Waals surface area contributed by atoms with E-state index < -0.39 is 0 Å². The number of halogens is 2. The van der Waals surface area contributed by atoms with Crippen LogP contribution in [0, 0.1) is 5.82 Å². The fraction of sp³-hybridized carbons (Fsp3) is 0.0556. The Kier molecular flexibility index (Phi) is 4.52. The van der Waals surface area contributed by atoms with Crippen molar-refractivity contribution in [3.63, 3.8) is 0 Å². The molecule has 0 saturated heterocycles. The van der Waals surface area contributed by atoms with Gasteiger partial charge in [0.05, 0.1) is 35.7 Å². The Balaban J connectivity index is 1.63. The number of nitrogens with one attached hydrogen (secondary N) is 1. The molecule has 4 aromatic rings. The summed E-state index contributed by atoms with van der Waals surface area (Å²) in [6.45, 7) is 0.442. The highest BCUT2D eigenvalue weighted by atomic mass is 79.9. The van der Waals surface area contributed by atoms with Gasteiger partial charge in [-0.05, 0) is 46.3 Å². The third kappa shape index (κ3) is 3.25. The zero-order valence-corrected chi connectivity index (χ0v) is 15.7. The Labute approximate surface area is 160 Å². The van der Waals surface area contributed by atoms with Crippen LogP contribution in [0.4, 0.5) is 4.39 Å². The van der Waals surface area contributed by atoms with Crippen molar-refractivity contribution in [2.75, 3.05) is 0 Å². The minimum atomic E-state index is -0.316. The number of pyridine rings is 1. The van der Waals surface area contributed by atoms with Crippen molar-refractivity contribution in [3.8, 4) is 5.69 Å². The SMILES string of the molecule is O=C(NCc1cc(Br)cs1)c1cncc2c1cnn2-c1ccc(F)cc1. The van der Waals surface area contributed by atoms with Gasteiger partial charge in [0, 0.05) is 26.3 Å². The van der Waals surface area contributed by atoms with Crippen molar-refractivity contribution >= 4 is 44.1 Å². The van der Waals surface area contributed by atoms with E-state index in [-0.39, 0.29) is 11.7 Å². The topological polar surface area (TPSA) is 59.8 Å². The smallest absolute Gasteiger partial charge is 0.253 e. The standard InChI is InChI=1S/C18H12BrFN4OS/c19-11-5-14(26-10-11)6-22-18(25)16-7-21-9-17-15(16)8-23-24(17)13-3-1-12(20)2-4-13/h1-5,7-10H,6H2,(H,22,25). The molecule has 0 spiro atoms. The average Bonchev–Trinajstić information content (AvgIpc) is 3.26. The second-order valence-corrected chi connectivity index (χ2v) is 7.48. The number of nitrogens with zero attached hydrogens (tertiary/aromatic N) is 3. The molecule has 0 fully saturated rings. The summed E-state index contributed by atoms with van der Waals surface area (Å²) < 4.78 is 15.8. The van der Waals surface area contributed by atoms with Crippen molar-refractivity contribution in [1.29, 1.82) is 0 Å². The molecule has 4 rings (SSSR count). The zero-order valence-electron chi connectivity index (χ0n) is 13.3. The molecule has 0 radical (unpaired) electrons. The van der Waals surface area contributed by atoms with E-state index >= 15 is 0 Å². The van der Waals surface area contributed by atoms with Crippen LogP contribution in [0.2, 0.25) is 0 Å². The molecule has 8 heteroatoms. The number of benzene rings is 1. The van der Waals surface area contributed by atoms with Crippen LogP contribution in [0.1, 0.15) is 15.2 Å². The first-order chi connectivity index (χ1) is 12.6. The highest BCUT2D eigenvalue weighted by Gasteiger charge is 2.15. The summed E-state index contributed by atoms with van der Waals surface area (Å²) in [4.78, 5) is 17.8. The molecule has 26 heavy (non-hydrogen) atoms. The van der Waals surface area contributed by atoms with Crippen LogP contribution in [0.25, 0.3) is 16.6 Å². The third-order valence-corrected chi connectivity index (χ3v) is 5.56. The van der Waals surface area contributed by atoms with Crippen LogP contribution in [0.5, 0.6) is 0 Å². The molecule has 0 aliphatic rings. The van der Waals surface area contributed by atoms with Crippen molar-refractivity contribution < 1.29 is 9.18 Å². The maximum atomic E-state index is 13.1. The van der Waals surface area contributed by atoms with E-state index in [2.05, 4.69) is 31.3 Å². The fourth-order valence-corrected chi connectivity index (χ4v) is 4.01. The molecular formula is C18H12BrFN4OS. The quantitative estimate of drug-likeness (QED) is 0.524. The Morgan fingerprint density at radius 2 is 2.04 bits per heavy atom. The Bertz CT molecular complexity index is 1090. The van der Waals surface area contributed by atoms with Gasteiger partial charge in [0.15, 0.2) is 0 Å². The van der Waals surface area contributed by atoms with Gasteiger partial charge in [0.2, 0.25) is 0 Å². The summed E-state index contributed by atoms with van der Waals surface area (Å²) >= 11 is 4.97. The maximum Gasteiger partial charge on any atom is 0.253 e. The van der Waals surface area contributed by atoms with Crippen molar-refractivity contribution in [2.24, 2.45) is 0 Å². The zero-order chi connectivity index (χ0) is 18.1. The number of hydrogen-bond donors (Lipinski definition) is 1. The molecule has 0 unspecified atom stereocenters. The van der Waals surface area contributed by atoms with E-state index in [9.17, 15) is 9.18 Å². The number of fused-ring (bicyclic) bond motifs is 1. The summed E-state index contributed by atoms with van der Waals surface area (Å²) in [5.74, 6) is -0.533. The van der Waals surface area contributed by atoms with Gasteiger partial charge >= 0.3 is 0 Å². The summed E-state index contributed by atoms with van der Waals surface area (Å²) in [7, 11) is 0. The summed E-state index contributed by atoms with van der Waals surface area (Å²) in [6, 6.07) is 7.96. The van der Waals surface area contributed by atoms with E-state index in [4.69, 9.17) is 0 Å². The summed E-state index contributed by atoms with van der Waals surface area (Å²) in [6.07, 6.45) is 4.79. The normalized spacial score (nSPS) is 11.0. The molecular weight excluding hydrogens is 419 g/mol. The lowest BCUT2D eigenvalue weighted by molar-refractivity contribution is 0.0952. The van der Waals surface area contributed by atoms with Crippen molar-refractivity contribution in [2.45, 2.75) is 6.54 Å². The van der Waals surface area contributed by atoms with Gasteiger partial charge < -0.3 is 5.32 Å². The second kappa shape index (κ2) is 6.97. The molecule has 130 valence electrons. The van der Waals surface area contributed by atoms with E-state index in [0.29, 0.717) is 28.7 Å². The first-order valence-corrected chi connectivity index (χ1v) is 9.38. The van der Waals surface area contributed by atoms with Gasteiger partial charge in [0.1, 0.15) is 5.82 Å². The lowest BCUT2D eigenvalue weighted by Crippen LogP contribution is -2.22. The monoisotopic (exact) mass is 430 g/mol. The maximum absolute atomic E-state index is 13.1. The predicted octanol–water partition coefficient (Wildman–Crippen LogP) is 4.31. The molecule has 1 amide bonds. The summed E-state index contributed by atoms with van der Waals surface area (Å²) in [5.41, 5.74) is 1.83. The molecule has 1 N–H and O–H groups in total.